The van der Waals surface area contributed by atoms with Crippen molar-refractivity contribution in [1.29, 1.82) is 0 Å². The third-order valence-electron chi connectivity index (χ3n) is 5.40. The van der Waals surface area contributed by atoms with Gasteiger partial charge in [0.15, 0.2) is 19.0 Å². The largest absolute Gasteiger partial charge is 0.485 e. The molecule has 9 heteroatoms. The van der Waals surface area contributed by atoms with Gasteiger partial charge in [-0.3, -0.25) is 19.3 Å². The van der Waals surface area contributed by atoms with Crippen LogP contribution >= 0.6 is 11.3 Å². The van der Waals surface area contributed by atoms with Gasteiger partial charge < -0.3 is 14.8 Å². The number of benzene rings is 2. The number of fused-ring (bicyclic) bond motifs is 1. The Hall–Kier alpha value is -3.72. The first kappa shape index (κ1) is 23.4. The number of nitrogens with zero attached hydrogens (tertiary/aromatic N) is 2. The number of ether oxygens (including phenoxy) is 2. The molecule has 1 atom stereocenters. The summed E-state index contributed by atoms with van der Waals surface area (Å²) in [5.41, 5.74) is 1.22. The lowest BCUT2D eigenvalue weighted by atomic mass is 10.1. The van der Waals surface area contributed by atoms with Gasteiger partial charge in [0, 0.05) is 17.0 Å². The second-order valence-corrected chi connectivity index (χ2v) is 8.83. The van der Waals surface area contributed by atoms with Crippen LogP contribution in [0.4, 0.5) is 5.69 Å². The van der Waals surface area contributed by atoms with Crippen molar-refractivity contribution in [2.45, 2.75) is 32.9 Å². The summed E-state index contributed by atoms with van der Waals surface area (Å²) in [6, 6.07) is 14.1. The topological polar surface area (TPSA) is 97.8 Å². The molecule has 0 aliphatic carbocycles. The minimum Gasteiger partial charge on any atom is -0.485 e. The van der Waals surface area contributed by atoms with Gasteiger partial charge >= 0.3 is 0 Å². The van der Waals surface area contributed by atoms with Crippen LogP contribution in [0.15, 0.2) is 53.9 Å². The highest BCUT2D eigenvalue weighted by Gasteiger charge is 2.28. The number of thiazole rings is 1. The number of ketones is 1. The first-order chi connectivity index (χ1) is 16.4. The average molecular weight is 480 g/mol. The van der Waals surface area contributed by atoms with Crippen LogP contribution in [0.1, 0.15) is 46.1 Å². The van der Waals surface area contributed by atoms with Gasteiger partial charge in [0.05, 0.1) is 12.2 Å². The van der Waals surface area contributed by atoms with Crippen molar-refractivity contribution in [1.82, 2.24) is 10.3 Å². The molecular weight excluding hydrogens is 454 g/mol. The monoisotopic (exact) mass is 479 g/mol. The van der Waals surface area contributed by atoms with Crippen molar-refractivity contribution in [3.05, 3.63) is 70.2 Å². The first-order valence-electron chi connectivity index (χ1n) is 11.0. The van der Waals surface area contributed by atoms with Gasteiger partial charge in [-0.05, 0) is 43.7 Å². The number of hydrogen-bond acceptors (Lipinski definition) is 7. The third-order valence-corrected chi connectivity index (χ3v) is 6.24. The second kappa shape index (κ2) is 10.5. The average Bonchev–Trinajstić information content (AvgIpc) is 3.33. The van der Waals surface area contributed by atoms with E-state index in [0.717, 1.165) is 6.42 Å². The molecule has 8 nitrogen and oxygen atoms in total. The van der Waals surface area contributed by atoms with E-state index in [-0.39, 0.29) is 43.4 Å². The van der Waals surface area contributed by atoms with E-state index < -0.39 is 0 Å². The van der Waals surface area contributed by atoms with E-state index in [1.165, 1.54) is 16.2 Å². The summed E-state index contributed by atoms with van der Waals surface area (Å²) in [6.45, 7) is 3.86. The van der Waals surface area contributed by atoms with Crippen LogP contribution in [0.5, 0.6) is 11.5 Å². The molecule has 4 rings (SSSR count). The Morgan fingerprint density at radius 3 is 2.79 bits per heavy atom. The highest BCUT2D eigenvalue weighted by Crippen LogP contribution is 2.34. The Bertz CT molecular complexity index is 1190. The number of carbonyl (C=O) groups is 3. The summed E-state index contributed by atoms with van der Waals surface area (Å²) in [6.07, 6.45) is 0.819. The SMILES string of the molecule is CCC(C)NC(=O)c1csc(CN2C(=O)COc3ccc(C(=O)COc4ccccc4)cc32)n1. The molecule has 3 aromatic rings. The smallest absolute Gasteiger partial charge is 0.270 e. The van der Waals surface area contributed by atoms with Gasteiger partial charge in [0.25, 0.3) is 11.8 Å². The lowest BCUT2D eigenvalue weighted by Gasteiger charge is -2.29. The summed E-state index contributed by atoms with van der Waals surface area (Å²) in [4.78, 5) is 43.7. The van der Waals surface area contributed by atoms with Gasteiger partial charge in [-0.25, -0.2) is 4.98 Å². The maximum Gasteiger partial charge on any atom is 0.270 e. The van der Waals surface area contributed by atoms with Crippen LogP contribution in [-0.4, -0.2) is 41.8 Å². The fourth-order valence-corrected chi connectivity index (χ4v) is 4.08. The summed E-state index contributed by atoms with van der Waals surface area (Å²) < 4.78 is 11.1. The number of Topliss-reactive ketones (excluding diaryl/α,β-unsaturated/α-hetero) is 1. The van der Waals surface area contributed by atoms with Gasteiger partial charge in [0.1, 0.15) is 22.2 Å². The molecule has 2 amide bonds. The van der Waals surface area contributed by atoms with Crippen LogP contribution in [0.2, 0.25) is 0 Å². The van der Waals surface area contributed by atoms with Crippen molar-refractivity contribution in [2.75, 3.05) is 18.1 Å². The van der Waals surface area contributed by atoms with Crippen molar-refractivity contribution < 1.29 is 23.9 Å². The Morgan fingerprint density at radius 2 is 2.03 bits per heavy atom. The van der Waals surface area contributed by atoms with Crippen molar-refractivity contribution in [2.24, 2.45) is 0 Å². The van der Waals surface area contributed by atoms with E-state index in [9.17, 15) is 14.4 Å². The number of nitrogens with one attached hydrogen (secondary N) is 1. The molecule has 0 bridgehead atoms. The number of amides is 2. The molecule has 1 aliphatic rings. The first-order valence-corrected chi connectivity index (χ1v) is 11.9. The van der Waals surface area contributed by atoms with E-state index in [1.54, 1.807) is 35.7 Å². The number of anilines is 1. The van der Waals surface area contributed by atoms with Crippen LogP contribution in [0.25, 0.3) is 0 Å². The lowest BCUT2D eigenvalue weighted by Crippen LogP contribution is -2.38. The number of rotatable bonds is 9. The van der Waals surface area contributed by atoms with E-state index in [0.29, 0.717) is 33.5 Å². The minimum absolute atomic E-state index is 0.0483. The van der Waals surface area contributed by atoms with Gasteiger partial charge in [0.2, 0.25) is 0 Å². The van der Waals surface area contributed by atoms with Crippen molar-refractivity contribution in [3.63, 3.8) is 0 Å². The molecular formula is C25H25N3O5S. The molecule has 34 heavy (non-hydrogen) atoms. The van der Waals surface area contributed by atoms with Crippen LogP contribution in [0.3, 0.4) is 0 Å². The molecule has 0 radical (unpaired) electrons. The van der Waals surface area contributed by atoms with E-state index in [2.05, 4.69) is 10.3 Å². The second-order valence-electron chi connectivity index (χ2n) is 7.89. The highest BCUT2D eigenvalue weighted by atomic mass is 32.1. The predicted octanol–water partition coefficient (Wildman–Crippen LogP) is 3.86. The van der Waals surface area contributed by atoms with Gasteiger partial charge in [-0.2, -0.15) is 0 Å². The van der Waals surface area contributed by atoms with E-state index in [4.69, 9.17) is 9.47 Å². The molecule has 0 saturated heterocycles. The zero-order chi connectivity index (χ0) is 24.1. The van der Waals surface area contributed by atoms with E-state index in [1.807, 2.05) is 32.0 Å². The fraction of sp³-hybridized carbons (Fsp3) is 0.280. The zero-order valence-corrected chi connectivity index (χ0v) is 19.8. The summed E-state index contributed by atoms with van der Waals surface area (Å²) in [5.74, 6) is 0.399. The molecule has 0 saturated carbocycles. The summed E-state index contributed by atoms with van der Waals surface area (Å²) >= 11 is 1.31. The zero-order valence-electron chi connectivity index (χ0n) is 18.9. The maximum absolute atomic E-state index is 12.7. The van der Waals surface area contributed by atoms with Crippen molar-refractivity contribution >= 4 is 34.6 Å². The number of hydrogen-bond donors (Lipinski definition) is 1. The molecule has 176 valence electrons. The summed E-state index contributed by atoms with van der Waals surface area (Å²) in [7, 11) is 0. The van der Waals surface area contributed by atoms with Crippen LogP contribution < -0.4 is 19.7 Å². The normalized spacial score (nSPS) is 13.6. The number of aromatic nitrogens is 1. The minimum atomic E-state index is -0.251. The van der Waals surface area contributed by atoms with Crippen LogP contribution in [-0.2, 0) is 11.3 Å². The standard InChI is InChI=1S/C25H25N3O5S/c1-3-16(2)26-25(31)19-15-34-23(27-19)12-28-20-11-17(9-10-22(20)33-14-24(28)30)21(29)13-32-18-7-5-4-6-8-18/h4-11,15-16H,3,12-14H2,1-2H3,(H,26,31). The third kappa shape index (κ3) is 5.43. The lowest BCUT2D eigenvalue weighted by molar-refractivity contribution is -0.121. The van der Waals surface area contributed by atoms with Gasteiger partial charge in [-0.1, -0.05) is 25.1 Å². The maximum atomic E-state index is 12.7. The quantitative estimate of drug-likeness (QED) is 0.468. The highest BCUT2D eigenvalue weighted by molar-refractivity contribution is 7.09. The predicted molar refractivity (Wildman–Crippen MR) is 129 cm³/mol. The number of carbonyl (C=O) groups excluding carboxylic acids is 3. The van der Waals surface area contributed by atoms with Gasteiger partial charge in [-0.15, -0.1) is 11.3 Å². The molecule has 1 N–H and O–H groups in total. The molecule has 1 unspecified atom stereocenters. The Morgan fingerprint density at radius 1 is 1.24 bits per heavy atom. The Labute approximate surface area is 201 Å². The molecule has 0 fully saturated rings. The molecule has 2 aromatic carbocycles. The van der Waals surface area contributed by atoms with Crippen molar-refractivity contribution in [3.8, 4) is 11.5 Å². The number of para-hydroxylation sites is 1. The Balaban J connectivity index is 1.49. The Kier molecular flexibility index (Phi) is 7.22. The fourth-order valence-electron chi connectivity index (χ4n) is 3.32. The van der Waals surface area contributed by atoms with Crippen LogP contribution in [0, 0.1) is 0 Å². The summed E-state index contributed by atoms with van der Waals surface area (Å²) in [5, 5.41) is 5.18. The van der Waals surface area contributed by atoms with E-state index >= 15 is 0 Å². The molecule has 1 aliphatic heterocycles. The molecule has 2 heterocycles. The molecule has 0 spiro atoms. The molecule has 1 aromatic heterocycles.